The summed E-state index contributed by atoms with van der Waals surface area (Å²) in [5, 5.41) is 0. The van der Waals surface area contributed by atoms with Crippen LogP contribution in [0.25, 0.3) is 11.1 Å². The van der Waals surface area contributed by atoms with Crippen molar-refractivity contribution in [2.45, 2.75) is 6.42 Å². The number of ether oxygens (including phenoxy) is 2. The number of carbonyl (C=O) groups is 3. The zero-order valence-corrected chi connectivity index (χ0v) is 17.8. The number of nitrogens with zero attached hydrogens (tertiary/aromatic N) is 1. The molecule has 2 N–H and O–H groups in total. The van der Waals surface area contributed by atoms with E-state index in [9.17, 15) is 14.4 Å². The van der Waals surface area contributed by atoms with Crippen LogP contribution in [0.15, 0.2) is 78.9 Å². The minimum absolute atomic E-state index is 0.0120. The molecule has 4 rings (SSSR count). The van der Waals surface area contributed by atoms with Gasteiger partial charge in [-0.25, -0.2) is 0 Å². The van der Waals surface area contributed by atoms with Gasteiger partial charge in [0.1, 0.15) is 11.5 Å². The van der Waals surface area contributed by atoms with Gasteiger partial charge in [-0.2, -0.15) is 0 Å². The Morgan fingerprint density at radius 1 is 0.879 bits per heavy atom. The molecule has 0 bridgehead atoms. The maximum atomic E-state index is 12.2. The number of amides is 3. The summed E-state index contributed by atoms with van der Waals surface area (Å²) in [6, 6.07) is 24.3. The van der Waals surface area contributed by atoms with Gasteiger partial charge < -0.3 is 14.4 Å². The molecule has 0 atom stereocenters. The Kier molecular flexibility index (Phi) is 6.84. The van der Waals surface area contributed by atoms with Gasteiger partial charge in [-0.05, 0) is 23.8 Å². The fourth-order valence-electron chi connectivity index (χ4n) is 3.44. The predicted octanol–water partition coefficient (Wildman–Crippen LogP) is 2.70. The van der Waals surface area contributed by atoms with Crippen LogP contribution >= 0.6 is 0 Å². The van der Waals surface area contributed by atoms with E-state index in [0.717, 1.165) is 11.1 Å². The van der Waals surface area contributed by atoms with E-state index in [4.69, 9.17) is 9.47 Å². The second-order valence-electron chi connectivity index (χ2n) is 7.30. The SMILES string of the molecule is O=C(CCN1C(=O)COc2ccccc21)NNC(=O)COc1ccccc1-c1ccccc1. The maximum Gasteiger partial charge on any atom is 0.276 e. The third kappa shape index (κ3) is 5.48. The van der Waals surface area contributed by atoms with Gasteiger partial charge in [0.2, 0.25) is 5.91 Å². The Bertz CT molecular complexity index is 1150. The van der Waals surface area contributed by atoms with Crippen LogP contribution < -0.4 is 25.2 Å². The zero-order chi connectivity index (χ0) is 23.0. The molecule has 0 fully saturated rings. The standard InChI is InChI=1S/C25H23N3O5/c29-23(14-15-28-20-11-5-7-13-22(20)33-17-25(28)31)26-27-24(30)16-32-21-12-6-4-10-19(21)18-8-2-1-3-9-18/h1-13H,14-17H2,(H,26,29)(H,27,30). The van der Waals surface area contributed by atoms with Gasteiger partial charge in [0.25, 0.3) is 11.8 Å². The number of rotatable bonds is 7. The Morgan fingerprint density at radius 2 is 1.58 bits per heavy atom. The van der Waals surface area contributed by atoms with Crippen molar-refractivity contribution in [1.82, 2.24) is 10.9 Å². The van der Waals surface area contributed by atoms with Gasteiger partial charge >= 0.3 is 0 Å². The molecule has 1 aliphatic heterocycles. The van der Waals surface area contributed by atoms with Crippen molar-refractivity contribution < 1.29 is 23.9 Å². The van der Waals surface area contributed by atoms with E-state index in [-0.39, 0.29) is 32.1 Å². The molecule has 0 aliphatic carbocycles. The van der Waals surface area contributed by atoms with Crippen molar-refractivity contribution in [2.24, 2.45) is 0 Å². The number of para-hydroxylation sites is 3. The van der Waals surface area contributed by atoms with Crippen LogP contribution in [-0.2, 0) is 14.4 Å². The van der Waals surface area contributed by atoms with Gasteiger partial charge in [0, 0.05) is 18.5 Å². The third-order valence-electron chi connectivity index (χ3n) is 5.04. The van der Waals surface area contributed by atoms with Gasteiger partial charge in [-0.3, -0.25) is 25.2 Å². The zero-order valence-electron chi connectivity index (χ0n) is 17.8. The first-order valence-electron chi connectivity index (χ1n) is 10.5. The Morgan fingerprint density at radius 3 is 2.42 bits per heavy atom. The molecule has 3 aromatic rings. The van der Waals surface area contributed by atoms with Crippen molar-refractivity contribution in [2.75, 3.05) is 24.7 Å². The molecule has 1 heterocycles. The van der Waals surface area contributed by atoms with E-state index in [1.54, 1.807) is 24.3 Å². The summed E-state index contributed by atoms with van der Waals surface area (Å²) < 4.78 is 11.1. The van der Waals surface area contributed by atoms with E-state index >= 15 is 0 Å². The number of benzene rings is 3. The topological polar surface area (TPSA) is 97.0 Å². The first kappa shape index (κ1) is 21.9. The fraction of sp³-hybridized carbons (Fsp3) is 0.160. The predicted molar refractivity (Wildman–Crippen MR) is 123 cm³/mol. The smallest absolute Gasteiger partial charge is 0.276 e. The number of carbonyl (C=O) groups excluding carboxylic acids is 3. The quantitative estimate of drug-likeness (QED) is 0.545. The third-order valence-corrected chi connectivity index (χ3v) is 5.04. The highest BCUT2D eigenvalue weighted by Gasteiger charge is 2.25. The first-order chi connectivity index (χ1) is 16.1. The van der Waals surface area contributed by atoms with Crippen molar-refractivity contribution in [3.63, 3.8) is 0 Å². The van der Waals surface area contributed by atoms with E-state index in [1.807, 2.05) is 54.6 Å². The van der Waals surface area contributed by atoms with Crippen molar-refractivity contribution >= 4 is 23.4 Å². The number of hydrogen-bond donors (Lipinski definition) is 2. The molecule has 8 nitrogen and oxygen atoms in total. The molecule has 0 unspecified atom stereocenters. The Hall–Kier alpha value is -4.33. The van der Waals surface area contributed by atoms with Gasteiger partial charge in [0.15, 0.2) is 13.2 Å². The second-order valence-corrected chi connectivity index (χ2v) is 7.30. The van der Waals surface area contributed by atoms with Crippen LogP contribution in [-0.4, -0.2) is 37.5 Å². The molecule has 0 spiro atoms. The minimum atomic E-state index is -0.501. The lowest BCUT2D eigenvalue weighted by Crippen LogP contribution is -2.46. The van der Waals surface area contributed by atoms with Crippen molar-refractivity contribution in [3.8, 4) is 22.6 Å². The Balaban J connectivity index is 1.25. The molecule has 168 valence electrons. The van der Waals surface area contributed by atoms with Crippen molar-refractivity contribution in [1.29, 1.82) is 0 Å². The summed E-state index contributed by atoms with van der Waals surface area (Å²) in [6.07, 6.45) is 0.0120. The lowest BCUT2D eigenvalue weighted by atomic mass is 10.1. The first-order valence-corrected chi connectivity index (χ1v) is 10.5. The van der Waals surface area contributed by atoms with Gasteiger partial charge in [0.05, 0.1) is 5.69 Å². The lowest BCUT2D eigenvalue weighted by molar-refractivity contribution is -0.130. The van der Waals surface area contributed by atoms with Crippen LogP contribution in [0.2, 0.25) is 0 Å². The lowest BCUT2D eigenvalue weighted by Gasteiger charge is -2.29. The molecule has 33 heavy (non-hydrogen) atoms. The number of nitrogens with one attached hydrogen (secondary N) is 2. The summed E-state index contributed by atoms with van der Waals surface area (Å²) in [5.74, 6) is 0.00764. The minimum Gasteiger partial charge on any atom is -0.483 e. The van der Waals surface area contributed by atoms with Crippen LogP contribution in [0.5, 0.6) is 11.5 Å². The monoisotopic (exact) mass is 445 g/mol. The van der Waals surface area contributed by atoms with E-state index in [2.05, 4.69) is 10.9 Å². The number of hydrazine groups is 1. The van der Waals surface area contributed by atoms with Crippen molar-refractivity contribution in [3.05, 3.63) is 78.9 Å². The highest BCUT2D eigenvalue weighted by atomic mass is 16.5. The second kappa shape index (κ2) is 10.3. The average Bonchev–Trinajstić information content (AvgIpc) is 2.86. The molecular formula is C25H23N3O5. The molecule has 0 aromatic heterocycles. The number of hydrogen-bond acceptors (Lipinski definition) is 5. The van der Waals surface area contributed by atoms with Crippen LogP contribution in [0.1, 0.15) is 6.42 Å². The largest absolute Gasteiger partial charge is 0.483 e. The molecule has 0 saturated heterocycles. The van der Waals surface area contributed by atoms with Gasteiger partial charge in [-0.1, -0.05) is 60.7 Å². The normalized spacial score (nSPS) is 12.4. The summed E-state index contributed by atoms with van der Waals surface area (Å²) in [4.78, 5) is 38.0. The van der Waals surface area contributed by atoms with Gasteiger partial charge in [-0.15, -0.1) is 0 Å². The molecule has 3 aromatic carbocycles. The number of anilines is 1. The maximum absolute atomic E-state index is 12.2. The molecule has 0 radical (unpaired) electrons. The van der Waals surface area contributed by atoms with Crippen LogP contribution in [0.3, 0.4) is 0 Å². The highest BCUT2D eigenvalue weighted by molar-refractivity contribution is 5.98. The molecule has 8 heteroatoms. The average molecular weight is 445 g/mol. The van der Waals surface area contributed by atoms with Crippen LogP contribution in [0.4, 0.5) is 5.69 Å². The molecule has 1 aliphatic rings. The fourth-order valence-corrected chi connectivity index (χ4v) is 3.44. The number of fused-ring (bicyclic) bond motifs is 1. The van der Waals surface area contributed by atoms with E-state index in [1.165, 1.54) is 4.90 Å². The summed E-state index contributed by atoms with van der Waals surface area (Å²) in [5.41, 5.74) is 7.15. The van der Waals surface area contributed by atoms with Crippen LogP contribution in [0, 0.1) is 0 Å². The van der Waals surface area contributed by atoms with E-state index < -0.39 is 11.8 Å². The summed E-state index contributed by atoms with van der Waals surface area (Å²) in [7, 11) is 0. The molecular weight excluding hydrogens is 422 g/mol. The van der Waals surface area contributed by atoms with E-state index in [0.29, 0.717) is 17.2 Å². The summed E-state index contributed by atoms with van der Waals surface area (Å²) >= 11 is 0. The molecule has 3 amide bonds. The highest BCUT2D eigenvalue weighted by Crippen LogP contribution is 2.31. The summed E-state index contributed by atoms with van der Waals surface area (Å²) in [6.45, 7) is -0.168. The molecule has 0 saturated carbocycles. The Labute approximate surface area is 191 Å².